The summed E-state index contributed by atoms with van der Waals surface area (Å²) in [6.45, 7) is 0. The van der Waals surface area contributed by atoms with Crippen molar-refractivity contribution in [2.45, 2.75) is 4.90 Å². The van der Waals surface area contributed by atoms with Crippen LogP contribution in [0.15, 0.2) is 71.6 Å². The van der Waals surface area contributed by atoms with Crippen molar-refractivity contribution in [3.63, 3.8) is 0 Å². The third-order valence-electron chi connectivity index (χ3n) is 4.73. The van der Waals surface area contributed by atoms with Crippen LogP contribution < -0.4 is 0 Å². The summed E-state index contributed by atoms with van der Waals surface area (Å²) in [5.74, 6) is 0. The fraction of sp³-hybridized carbons (Fsp3) is 0. The Bertz CT molecular complexity index is 1420. The van der Waals surface area contributed by atoms with Gasteiger partial charge >= 0.3 is 0 Å². The van der Waals surface area contributed by atoms with E-state index in [1.54, 1.807) is 12.1 Å². The molecule has 0 aliphatic heterocycles. The van der Waals surface area contributed by atoms with E-state index in [9.17, 15) is 13.0 Å². The lowest BCUT2D eigenvalue weighted by molar-refractivity contribution is 0.484. The number of H-pyrrole nitrogens is 1. The molecular formula is C20H13NO3S. The zero-order valence-corrected chi connectivity index (χ0v) is 13.8. The normalized spacial score (nSPS) is 12.5. The maximum atomic E-state index is 11.9. The van der Waals surface area contributed by atoms with E-state index in [0.717, 1.165) is 32.4 Å². The first-order chi connectivity index (χ1) is 12.0. The summed E-state index contributed by atoms with van der Waals surface area (Å²) in [7, 11) is -4.32. The predicted octanol–water partition coefficient (Wildman–Crippen LogP) is 4.87. The summed E-state index contributed by atoms with van der Waals surface area (Å²) in [6.07, 6.45) is 0. The van der Waals surface area contributed by atoms with E-state index in [1.807, 2.05) is 36.4 Å². The summed E-state index contributed by atoms with van der Waals surface area (Å²) in [5.41, 5.74) is 1.63. The lowest BCUT2D eigenvalue weighted by atomic mass is 10.00. The Balaban J connectivity index is 2.14. The Kier molecular flexibility index (Phi) is 2.78. The molecule has 0 saturated heterocycles. The highest BCUT2D eigenvalue weighted by molar-refractivity contribution is 7.86. The SMILES string of the molecule is O=S(=O)(O)c1cc2[nH]c3ccc4ccccc4c3c2c2ccccc12. The fourth-order valence-corrected chi connectivity index (χ4v) is 4.44. The van der Waals surface area contributed by atoms with Crippen LogP contribution in [0.4, 0.5) is 0 Å². The zero-order valence-electron chi connectivity index (χ0n) is 13.0. The van der Waals surface area contributed by atoms with Gasteiger partial charge in [-0.2, -0.15) is 8.42 Å². The average Bonchev–Trinajstić information content (AvgIpc) is 2.99. The molecule has 0 aliphatic carbocycles. The number of hydrogen-bond donors (Lipinski definition) is 2. The standard InChI is InChI=1S/C20H13NO3S/c22-25(23,24)18-11-17-20(15-8-4-3-7-14(15)18)19-13-6-2-1-5-12(13)9-10-16(19)21-17/h1-11,21H,(H,22,23,24). The highest BCUT2D eigenvalue weighted by atomic mass is 32.2. The van der Waals surface area contributed by atoms with Gasteiger partial charge in [0.2, 0.25) is 0 Å². The third-order valence-corrected chi connectivity index (χ3v) is 5.63. The molecule has 0 saturated carbocycles. The van der Waals surface area contributed by atoms with E-state index in [4.69, 9.17) is 0 Å². The summed E-state index contributed by atoms with van der Waals surface area (Å²) in [5, 5.41) is 5.58. The Morgan fingerprint density at radius 1 is 0.720 bits per heavy atom. The molecule has 0 atom stereocenters. The molecule has 5 aromatic rings. The van der Waals surface area contributed by atoms with Gasteiger partial charge in [-0.1, -0.05) is 54.6 Å². The summed E-state index contributed by atoms with van der Waals surface area (Å²) >= 11 is 0. The molecule has 0 amide bonds. The molecule has 0 spiro atoms. The van der Waals surface area contributed by atoms with Crippen LogP contribution in [0.2, 0.25) is 0 Å². The molecule has 4 nitrogen and oxygen atoms in total. The molecule has 0 unspecified atom stereocenters. The number of aromatic nitrogens is 1. The fourth-order valence-electron chi connectivity index (χ4n) is 3.71. The second kappa shape index (κ2) is 4.81. The van der Waals surface area contributed by atoms with Crippen molar-refractivity contribution in [1.82, 2.24) is 4.98 Å². The Morgan fingerprint density at radius 2 is 1.36 bits per heavy atom. The molecule has 0 bridgehead atoms. The van der Waals surface area contributed by atoms with Gasteiger partial charge in [0.25, 0.3) is 10.1 Å². The molecule has 25 heavy (non-hydrogen) atoms. The first-order valence-electron chi connectivity index (χ1n) is 7.86. The molecule has 122 valence electrons. The van der Waals surface area contributed by atoms with Crippen molar-refractivity contribution in [1.29, 1.82) is 0 Å². The number of benzene rings is 4. The number of rotatable bonds is 1. The minimum atomic E-state index is -4.32. The maximum absolute atomic E-state index is 11.9. The second-order valence-electron chi connectivity index (χ2n) is 6.15. The quantitative estimate of drug-likeness (QED) is 0.425. The predicted molar refractivity (Wildman–Crippen MR) is 101 cm³/mol. The van der Waals surface area contributed by atoms with Crippen LogP contribution in [0, 0.1) is 0 Å². The molecule has 1 heterocycles. The average molecular weight is 347 g/mol. The van der Waals surface area contributed by atoms with Crippen molar-refractivity contribution >= 4 is 53.5 Å². The minimum Gasteiger partial charge on any atom is -0.354 e. The Hall–Kier alpha value is -2.89. The van der Waals surface area contributed by atoms with E-state index in [-0.39, 0.29) is 4.90 Å². The second-order valence-corrected chi connectivity index (χ2v) is 7.54. The Morgan fingerprint density at radius 3 is 2.12 bits per heavy atom. The van der Waals surface area contributed by atoms with Gasteiger partial charge in [0, 0.05) is 27.2 Å². The van der Waals surface area contributed by atoms with Crippen molar-refractivity contribution < 1.29 is 13.0 Å². The third kappa shape index (κ3) is 2.00. The highest BCUT2D eigenvalue weighted by Crippen LogP contribution is 2.38. The van der Waals surface area contributed by atoms with Crippen LogP contribution in [-0.2, 0) is 10.1 Å². The molecule has 1 aromatic heterocycles. The van der Waals surface area contributed by atoms with Crippen LogP contribution in [0.25, 0.3) is 43.4 Å². The highest BCUT2D eigenvalue weighted by Gasteiger charge is 2.19. The number of aromatic amines is 1. The molecule has 5 heteroatoms. The van der Waals surface area contributed by atoms with E-state index in [2.05, 4.69) is 17.1 Å². The molecule has 4 aromatic carbocycles. The number of fused-ring (bicyclic) bond motifs is 7. The van der Waals surface area contributed by atoms with Crippen LogP contribution in [0.3, 0.4) is 0 Å². The van der Waals surface area contributed by atoms with Crippen molar-refractivity contribution in [3.8, 4) is 0 Å². The lowest BCUT2D eigenvalue weighted by Crippen LogP contribution is -1.99. The molecular weight excluding hydrogens is 334 g/mol. The minimum absolute atomic E-state index is 0.0774. The van der Waals surface area contributed by atoms with Gasteiger partial charge in [0.1, 0.15) is 4.90 Å². The number of hydrogen-bond acceptors (Lipinski definition) is 2. The van der Waals surface area contributed by atoms with Gasteiger partial charge in [-0.15, -0.1) is 0 Å². The molecule has 2 N–H and O–H groups in total. The van der Waals surface area contributed by atoms with Gasteiger partial charge in [-0.3, -0.25) is 4.55 Å². The van der Waals surface area contributed by atoms with Crippen molar-refractivity contribution in [2.75, 3.05) is 0 Å². The van der Waals surface area contributed by atoms with Gasteiger partial charge in [0.15, 0.2) is 0 Å². The van der Waals surface area contributed by atoms with Crippen LogP contribution in [0.5, 0.6) is 0 Å². The molecule has 5 rings (SSSR count). The maximum Gasteiger partial charge on any atom is 0.295 e. The smallest absolute Gasteiger partial charge is 0.295 e. The summed E-state index contributed by atoms with van der Waals surface area (Å²) in [6, 6.07) is 20.9. The lowest BCUT2D eigenvalue weighted by Gasteiger charge is -2.07. The summed E-state index contributed by atoms with van der Waals surface area (Å²) < 4.78 is 33.4. The summed E-state index contributed by atoms with van der Waals surface area (Å²) in [4.78, 5) is 3.22. The molecule has 0 radical (unpaired) electrons. The van der Waals surface area contributed by atoms with Gasteiger partial charge < -0.3 is 4.98 Å². The van der Waals surface area contributed by atoms with Gasteiger partial charge in [-0.05, 0) is 28.3 Å². The van der Waals surface area contributed by atoms with Gasteiger partial charge in [0.05, 0.1) is 0 Å². The first kappa shape index (κ1) is 14.5. The van der Waals surface area contributed by atoms with Crippen molar-refractivity contribution in [3.05, 3.63) is 66.7 Å². The first-order valence-corrected chi connectivity index (χ1v) is 9.30. The van der Waals surface area contributed by atoms with E-state index in [0.29, 0.717) is 10.9 Å². The zero-order chi connectivity index (χ0) is 17.2. The van der Waals surface area contributed by atoms with E-state index < -0.39 is 10.1 Å². The Labute approximate surface area is 143 Å². The van der Waals surface area contributed by atoms with Gasteiger partial charge in [-0.25, -0.2) is 0 Å². The van der Waals surface area contributed by atoms with Crippen LogP contribution >= 0.6 is 0 Å². The van der Waals surface area contributed by atoms with Crippen molar-refractivity contribution in [2.24, 2.45) is 0 Å². The largest absolute Gasteiger partial charge is 0.354 e. The molecule has 0 aliphatic rings. The topological polar surface area (TPSA) is 70.2 Å². The van der Waals surface area contributed by atoms with E-state index in [1.165, 1.54) is 6.07 Å². The van der Waals surface area contributed by atoms with Crippen LogP contribution in [0.1, 0.15) is 0 Å². The van der Waals surface area contributed by atoms with Crippen LogP contribution in [-0.4, -0.2) is 18.0 Å². The van der Waals surface area contributed by atoms with E-state index >= 15 is 0 Å². The molecule has 0 fully saturated rings. The number of nitrogens with one attached hydrogen (secondary N) is 1. The monoisotopic (exact) mass is 347 g/mol.